The van der Waals surface area contributed by atoms with Gasteiger partial charge >= 0.3 is 0 Å². The standard InChI is InChI=1S/C27H31F2NO2/c28-27(29)16-24(19-3-1-2-4-19)26(23-10-9-22(32)15-25(23)27)20-5-7-21(8-6-20)30-13-11-18(17-31)12-14-30/h5-10,15,17-19,24,26,32H,1-4,11-14,16H2/t24-,26-/m1/s1. The smallest absolute Gasteiger partial charge is 0.274 e. The van der Waals surface area contributed by atoms with Crippen molar-refractivity contribution in [2.75, 3.05) is 18.0 Å². The van der Waals surface area contributed by atoms with Crippen LogP contribution in [0.15, 0.2) is 42.5 Å². The number of piperidine rings is 1. The third kappa shape index (κ3) is 3.91. The first-order chi connectivity index (χ1) is 15.5. The average molecular weight is 440 g/mol. The Labute approximate surface area is 188 Å². The molecule has 2 atom stereocenters. The highest BCUT2D eigenvalue weighted by atomic mass is 19.3. The van der Waals surface area contributed by atoms with Crippen molar-refractivity contribution in [3.05, 3.63) is 59.2 Å². The van der Waals surface area contributed by atoms with E-state index in [2.05, 4.69) is 29.2 Å². The Hall–Kier alpha value is -2.43. The maximum atomic E-state index is 15.2. The van der Waals surface area contributed by atoms with Gasteiger partial charge in [-0.15, -0.1) is 0 Å². The van der Waals surface area contributed by atoms with Crippen LogP contribution in [-0.2, 0) is 10.7 Å². The topological polar surface area (TPSA) is 40.5 Å². The molecule has 0 radical (unpaired) electrons. The van der Waals surface area contributed by atoms with Crippen molar-refractivity contribution in [1.82, 2.24) is 0 Å². The van der Waals surface area contributed by atoms with Gasteiger partial charge in [0.2, 0.25) is 0 Å². The number of nitrogens with zero attached hydrogens (tertiary/aromatic N) is 1. The Morgan fingerprint density at radius 2 is 1.66 bits per heavy atom. The molecule has 3 aliphatic rings. The van der Waals surface area contributed by atoms with Crippen LogP contribution in [0.25, 0.3) is 0 Å². The molecule has 1 heterocycles. The van der Waals surface area contributed by atoms with Crippen LogP contribution >= 0.6 is 0 Å². The molecule has 1 aliphatic heterocycles. The van der Waals surface area contributed by atoms with Crippen molar-refractivity contribution < 1.29 is 18.7 Å². The summed E-state index contributed by atoms with van der Waals surface area (Å²) in [5, 5.41) is 9.91. The molecule has 2 aromatic rings. The summed E-state index contributed by atoms with van der Waals surface area (Å²) in [4.78, 5) is 13.3. The third-order valence-electron chi connectivity index (χ3n) is 8.04. The van der Waals surface area contributed by atoms with Crippen molar-refractivity contribution in [3.63, 3.8) is 0 Å². The summed E-state index contributed by atoms with van der Waals surface area (Å²) in [5.41, 5.74) is 2.85. The summed E-state index contributed by atoms with van der Waals surface area (Å²) in [7, 11) is 0. The van der Waals surface area contributed by atoms with E-state index in [-0.39, 0.29) is 35.5 Å². The first-order valence-corrected chi connectivity index (χ1v) is 12.0. The van der Waals surface area contributed by atoms with Crippen molar-refractivity contribution in [1.29, 1.82) is 0 Å². The highest BCUT2D eigenvalue weighted by Gasteiger charge is 2.49. The van der Waals surface area contributed by atoms with Gasteiger partial charge in [0.15, 0.2) is 0 Å². The maximum absolute atomic E-state index is 15.2. The van der Waals surface area contributed by atoms with E-state index in [4.69, 9.17) is 0 Å². The lowest BCUT2D eigenvalue weighted by Gasteiger charge is -2.41. The van der Waals surface area contributed by atoms with E-state index in [1.165, 1.54) is 6.07 Å². The number of aromatic hydroxyl groups is 1. The molecule has 0 amide bonds. The minimum absolute atomic E-state index is 0.0169. The number of phenols is 1. The summed E-state index contributed by atoms with van der Waals surface area (Å²) in [5.74, 6) is -2.72. The first kappa shape index (κ1) is 21.4. The molecular weight excluding hydrogens is 408 g/mol. The molecule has 1 saturated heterocycles. The Bertz CT molecular complexity index is 960. The van der Waals surface area contributed by atoms with E-state index in [0.29, 0.717) is 11.5 Å². The van der Waals surface area contributed by atoms with Crippen molar-refractivity contribution in [2.45, 2.75) is 56.8 Å². The molecule has 1 saturated carbocycles. The van der Waals surface area contributed by atoms with Crippen molar-refractivity contribution in [3.8, 4) is 5.75 Å². The molecule has 170 valence electrons. The number of rotatable bonds is 4. The van der Waals surface area contributed by atoms with Crippen LogP contribution in [0.4, 0.5) is 14.5 Å². The minimum Gasteiger partial charge on any atom is -0.508 e. The Morgan fingerprint density at radius 1 is 0.969 bits per heavy atom. The van der Waals surface area contributed by atoms with Gasteiger partial charge in [-0.2, -0.15) is 0 Å². The van der Waals surface area contributed by atoms with Crippen LogP contribution in [0.3, 0.4) is 0 Å². The first-order valence-electron chi connectivity index (χ1n) is 12.0. The number of aldehydes is 1. The van der Waals surface area contributed by atoms with Crippen LogP contribution in [0.1, 0.15) is 67.6 Å². The van der Waals surface area contributed by atoms with Gasteiger partial charge in [-0.25, -0.2) is 8.78 Å². The zero-order valence-electron chi connectivity index (χ0n) is 18.4. The molecule has 0 aromatic heterocycles. The van der Waals surface area contributed by atoms with Crippen LogP contribution in [0.5, 0.6) is 5.75 Å². The predicted molar refractivity (Wildman–Crippen MR) is 121 cm³/mol. The SMILES string of the molecule is O=CC1CCN(c2ccc([C@@H]3c4ccc(O)cc4C(F)(F)C[C@@H]3C3CCCC3)cc2)CC1. The van der Waals surface area contributed by atoms with E-state index >= 15 is 8.78 Å². The predicted octanol–water partition coefficient (Wildman–Crippen LogP) is 6.24. The molecule has 2 aromatic carbocycles. The highest BCUT2D eigenvalue weighted by molar-refractivity contribution is 5.56. The second-order valence-electron chi connectivity index (χ2n) is 9.92. The van der Waals surface area contributed by atoms with Crippen LogP contribution < -0.4 is 4.90 Å². The Kier molecular flexibility index (Phi) is 5.68. The number of carbonyl (C=O) groups is 1. The van der Waals surface area contributed by atoms with Gasteiger partial charge in [0.05, 0.1) is 0 Å². The van der Waals surface area contributed by atoms with Crippen LogP contribution in [0, 0.1) is 17.8 Å². The zero-order chi connectivity index (χ0) is 22.3. The molecule has 0 unspecified atom stereocenters. The molecule has 5 heteroatoms. The molecule has 2 aliphatic carbocycles. The average Bonchev–Trinajstić information content (AvgIpc) is 3.34. The molecule has 1 N–H and O–H groups in total. The van der Waals surface area contributed by atoms with E-state index in [0.717, 1.165) is 69.2 Å². The Balaban J connectivity index is 1.48. The normalized spacial score (nSPS) is 26.1. The number of halogens is 2. The van der Waals surface area contributed by atoms with Crippen LogP contribution in [0.2, 0.25) is 0 Å². The number of alkyl halides is 2. The fourth-order valence-electron chi connectivity index (χ4n) is 6.32. The second-order valence-corrected chi connectivity index (χ2v) is 9.92. The van der Waals surface area contributed by atoms with Gasteiger partial charge in [0.25, 0.3) is 5.92 Å². The van der Waals surface area contributed by atoms with E-state index < -0.39 is 5.92 Å². The number of phenolic OH excluding ortho intramolecular Hbond substituents is 1. The van der Waals surface area contributed by atoms with Crippen molar-refractivity contribution in [2.24, 2.45) is 17.8 Å². The summed E-state index contributed by atoms with van der Waals surface area (Å²) in [6.45, 7) is 1.73. The number of benzene rings is 2. The molecule has 0 spiro atoms. The van der Waals surface area contributed by atoms with Crippen LogP contribution in [-0.4, -0.2) is 24.5 Å². The van der Waals surface area contributed by atoms with E-state index in [1.807, 2.05) is 0 Å². The molecular formula is C27H31F2NO2. The highest BCUT2D eigenvalue weighted by Crippen LogP contribution is 2.55. The maximum Gasteiger partial charge on any atom is 0.274 e. The third-order valence-corrected chi connectivity index (χ3v) is 8.04. The minimum atomic E-state index is -2.92. The molecule has 32 heavy (non-hydrogen) atoms. The molecule has 3 nitrogen and oxygen atoms in total. The van der Waals surface area contributed by atoms with Crippen molar-refractivity contribution >= 4 is 12.0 Å². The summed E-state index contributed by atoms with van der Waals surface area (Å²) in [6.07, 6.45) is 6.96. The van der Waals surface area contributed by atoms with Gasteiger partial charge in [0, 0.05) is 42.6 Å². The summed E-state index contributed by atoms with van der Waals surface area (Å²) < 4.78 is 30.4. The number of fused-ring (bicyclic) bond motifs is 1. The number of anilines is 1. The fourth-order valence-corrected chi connectivity index (χ4v) is 6.32. The van der Waals surface area contributed by atoms with Gasteiger partial charge < -0.3 is 14.8 Å². The van der Waals surface area contributed by atoms with Gasteiger partial charge in [-0.1, -0.05) is 43.9 Å². The van der Waals surface area contributed by atoms with Gasteiger partial charge in [-0.05, 0) is 60.1 Å². The molecule has 2 fully saturated rings. The Morgan fingerprint density at radius 3 is 2.31 bits per heavy atom. The lowest BCUT2D eigenvalue weighted by molar-refractivity contribution is -0.111. The lowest BCUT2D eigenvalue weighted by Crippen LogP contribution is -2.35. The summed E-state index contributed by atoms with van der Waals surface area (Å²) in [6, 6.07) is 12.9. The number of hydrogen-bond acceptors (Lipinski definition) is 3. The van der Waals surface area contributed by atoms with Gasteiger partial charge in [0.1, 0.15) is 12.0 Å². The largest absolute Gasteiger partial charge is 0.508 e. The monoisotopic (exact) mass is 439 g/mol. The van der Waals surface area contributed by atoms with Gasteiger partial charge in [-0.3, -0.25) is 0 Å². The summed E-state index contributed by atoms with van der Waals surface area (Å²) >= 11 is 0. The number of hydrogen-bond donors (Lipinski definition) is 1. The molecule has 5 rings (SSSR count). The fraction of sp³-hybridized carbons (Fsp3) is 0.519. The quantitative estimate of drug-likeness (QED) is 0.573. The van der Waals surface area contributed by atoms with E-state index in [9.17, 15) is 9.90 Å². The second kappa shape index (κ2) is 8.49. The zero-order valence-corrected chi connectivity index (χ0v) is 18.4. The lowest BCUT2D eigenvalue weighted by atomic mass is 9.65. The van der Waals surface area contributed by atoms with E-state index in [1.54, 1.807) is 12.1 Å². The molecule has 0 bridgehead atoms. The number of carbonyl (C=O) groups excluding carboxylic acids is 1.